The van der Waals surface area contributed by atoms with Gasteiger partial charge in [0.05, 0.1) is 5.92 Å². The fourth-order valence-corrected chi connectivity index (χ4v) is 3.68. The van der Waals surface area contributed by atoms with Crippen molar-refractivity contribution < 1.29 is 9.90 Å². The van der Waals surface area contributed by atoms with Crippen LogP contribution < -0.4 is 0 Å². The lowest BCUT2D eigenvalue weighted by molar-refractivity contribution is -0.141. The normalized spacial score (nSPS) is 21.4. The van der Waals surface area contributed by atoms with E-state index in [0.717, 1.165) is 18.7 Å². The number of nitrogens with zero attached hydrogens (tertiary/aromatic N) is 1. The number of benzene rings is 2. The molecule has 0 amide bonds. The van der Waals surface area contributed by atoms with Crippen molar-refractivity contribution in [1.82, 2.24) is 4.90 Å². The predicted octanol–water partition coefficient (Wildman–Crippen LogP) is 4.28. The molecule has 1 aliphatic rings. The van der Waals surface area contributed by atoms with Crippen molar-refractivity contribution in [2.24, 2.45) is 5.92 Å². The van der Waals surface area contributed by atoms with E-state index >= 15 is 0 Å². The first-order valence-corrected chi connectivity index (χ1v) is 8.94. The van der Waals surface area contributed by atoms with E-state index in [9.17, 15) is 9.90 Å². The minimum absolute atomic E-state index is 0.0449. The van der Waals surface area contributed by atoms with E-state index in [2.05, 4.69) is 62.1 Å². The van der Waals surface area contributed by atoms with Crippen molar-refractivity contribution in [3.8, 4) is 0 Å². The van der Waals surface area contributed by atoms with Gasteiger partial charge in [-0.15, -0.1) is 0 Å². The highest BCUT2D eigenvalue weighted by Crippen LogP contribution is 2.35. The van der Waals surface area contributed by atoms with Crippen LogP contribution in [0.1, 0.15) is 43.4 Å². The molecular formula is C22H27NO2. The molecule has 2 aromatic rings. The highest BCUT2D eigenvalue weighted by atomic mass is 16.4. The first-order valence-electron chi connectivity index (χ1n) is 8.94. The van der Waals surface area contributed by atoms with Crippen molar-refractivity contribution in [3.05, 3.63) is 71.3 Å². The van der Waals surface area contributed by atoms with Gasteiger partial charge in [-0.1, -0.05) is 75.4 Å². The van der Waals surface area contributed by atoms with E-state index in [1.807, 2.05) is 18.2 Å². The van der Waals surface area contributed by atoms with Crippen molar-refractivity contribution in [2.45, 2.75) is 38.6 Å². The quantitative estimate of drug-likeness (QED) is 0.905. The minimum Gasteiger partial charge on any atom is -0.481 e. The van der Waals surface area contributed by atoms with Gasteiger partial charge < -0.3 is 5.11 Å². The third kappa shape index (κ3) is 4.10. The molecule has 1 N–H and O–H groups in total. The van der Waals surface area contributed by atoms with E-state index in [0.29, 0.717) is 6.54 Å². The molecule has 2 aromatic carbocycles. The molecular weight excluding hydrogens is 310 g/mol. The molecule has 1 saturated heterocycles. The van der Waals surface area contributed by atoms with E-state index in [4.69, 9.17) is 0 Å². The Labute approximate surface area is 150 Å². The SMILES string of the molecule is CC(C)(C)c1cccc([C@@H]2CN(Cc3ccccc3)C[C@H]2C(=O)O)c1. The van der Waals surface area contributed by atoms with Crippen LogP contribution in [0.4, 0.5) is 0 Å². The Bertz CT molecular complexity index is 733. The smallest absolute Gasteiger partial charge is 0.308 e. The third-order valence-electron chi connectivity index (χ3n) is 5.14. The molecule has 0 aromatic heterocycles. The molecule has 0 aliphatic carbocycles. The molecule has 2 atom stereocenters. The van der Waals surface area contributed by atoms with Gasteiger partial charge in [-0.25, -0.2) is 0 Å². The number of hydrogen-bond donors (Lipinski definition) is 1. The number of rotatable bonds is 4. The first-order chi connectivity index (χ1) is 11.8. The van der Waals surface area contributed by atoms with Gasteiger partial charge >= 0.3 is 5.97 Å². The Kier molecular flexibility index (Phi) is 4.96. The summed E-state index contributed by atoms with van der Waals surface area (Å²) in [5.41, 5.74) is 3.71. The van der Waals surface area contributed by atoms with Crippen LogP contribution in [0.3, 0.4) is 0 Å². The molecule has 1 aliphatic heterocycles. The van der Waals surface area contributed by atoms with E-state index in [1.54, 1.807) is 0 Å². The molecule has 0 unspecified atom stereocenters. The highest BCUT2D eigenvalue weighted by Gasteiger charge is 2.38. The van der Waals surface area contributed by atoms with Crippen LogP contribution in [0.5, 0.6) is 0 Å². The number of carboxylic acid groups (broad SMARTS) is 1. The standard InChI is InChI=1S/C22H27NO2/c1-22(2,3)18-11-7-10-17(12-18)19-14-23(15-20(19)21(24)25)13-16-8-5-4-6-9-16/h4-12,19-20H,13-15H2,1-3H3,(H,24,25)/t19-,20+/m0/s1. The molecule has 3 rings (SSSR count). The first kappa shape index (κ1) is 17.7. The number of hydrogen-bond acceptors (Lipinski definition) is 2. The van der Waals surface area contributed by atoms with Gasteiger partial charge in [-0.2, -0.15) is 0 Å². The lowest BCUT2D eigenvalue weighted by atomic mass is 9.82. The molecule has 3 nitrogen and oxygen atoms in total. The maximum Gasteiger partial charge on any atom is 0.308 e. The second-order valence-electron chi connectivity index (χ2n) is 8.11. The topological polar surface area (TPSA) is 40.5 Å². The lowest BCUT2D eigenvalue weighted by Gasteiger charge is -2.22. The van der Waals surface area contributed by atoms with Crippen molar-refractivity contribution in [3.63, 3.8) is 0 Å². The number of aliphatic carboxylic acids is 1. The van der Waals surface area contributed by atoms with Crippen LogP contribution in [0, 0.1) is 5.92 Å². The highest BCUT2D eigenvalue weighted by molar-refractivity contribution is 5.72. The Balaban J connectivity index is 1.83. The van der Waals surface area contributed by atoms with Gasteiger partial charge in [0.2, 0.25) is 0 Å². The summed E-state index contributed by atoms with van der Waals surface area (Å²) in [6.45, 7) is 8.78. The third-order valence-corrected chi connectivity index (χ3v) is 5.14. The molecule has 25 heavy (non-hydrogen) atoms. The zero-order valence-electron chi connectivity index (χ0n) is 15.3. The molecule has 3 heteroatoms. The number of likely N-dealkylation sites (tertiary alicyclic amines) is 1. The number of carboxylic acids is 1. The van der Waals surface area contributed by atoms with E-state index in [-0.39, 0.29) is 17.3 Å². The van der Waals surface area contributed by atoms with Crippen LogP contribution in [0.2, 0.25) is 0 Å². The summed E-state index contributed by atoms with van der Waals surface area (Å²) in [6, 6.07) is 18.8. The van der Waals surface area contributed by atoms with Gasteiger partial charge in [0.15, 0.2) is 0 Å². The maximum atomic E-state index is 11.8. The zero-order valence-corrected chi connectivity index (χ0v) is 15.3. The maximum absolute atomic E-state index is 11.8. The van der Waals surface area contributed by atoms with Crippen molar-refractivity contribution in [2.75, 3.05) is 13.1 Å². The Morgan fingerprint density at radius 1 is 1.08 bits per heavy atom. The fourth-order valence-electron chi connectivity index (χ4n) is 3.68. The van der Waals surface area contributed by atoms with Crippen molar-refractivity contribution >= 4 is 5.97 Å². The molecule has 0 saturated carbocycles. The summed E-state index contributed by atoms with van der Waals surface area (Å²) in [5, 5.41) is 9.73. The van der Waals surface area contributed by atoms with Crippen LogP contribution in [0.15, 0.2) is 54.6 Å². The Morgan fingerprint density at radius 2 is 1.80 bits per heavy atom. The Hall–Kier alpha value is -2.13. The average Bonchev–Trinajstić information content (AvgIpc) is 2.99. The van der Waals surface area contributed by atoms with Gasteiger partial charge in [0, 0.05) is 25.6 Å². The van der Waals surface area contributed by atoms with Gasteiger partial charge in [0.25, 0.3) is 0 Å². The second-order valence-corrected chi connectivity index (χ2v) is 8.11. The predicted molar refractivity (Wildman–Crippen MR) is 101 cm³/mol. The van der Waals surface area contributed by atoms with Crippen LogP contribution >= 0.6 is 0 Å². The van der Waals surface area contributed by atoms with Crippen LogP contribution in [0.25, 0.3) is 0 Å². The summed E-state index contributed by atoms with van der Waals surface area (Å²) in [6.07, 6.45) is 0. The van der Waals surface area contributed by atoms with Gasteiger partial charge in [-0.3, -0.25) is 9.69 Å². The summed E-state index contributed by atoms with van der Waals surface area (Å²) in [7, 11) is 0. The zero-order chi connectivity index (χ0) is 18.0. The van der Waals surface area contributed by atoms with Crippen molar-refractivity contribution in [1.29, 1.82) is 0 Å². The molecule has 132 valence electrons. The minimum atomic E-state index is -0.693. The summed E-state index contributed by atoms with van der Waals surface area (Å²) >= 11 is 0. The lowest BCUT2D eigenvalue weighted by Crippen LogP contribution is -2.23. The largest absolute Gasteiger partial charge is 0.481 e. The summed E-state index contributed by atoms with van der Waals surface area (Å²) < 4.78 is 0. The summed E-state index contributed by atoms with van der Waals surface area (Å²) in [5.74, 6) is -0.996. The fraction of sp³-hybridized carbons (Fsp3) is 0.409. The van der Waals surface area contributed by atoms with Gasteiger partial charge in [0.1, 0.15) is 0 Å². The Morgan fingerprint density at radius 3 is 2.44 bits per heavy atom. The van der Waals surface area contributed by atoms with E-state index in [1.165, 1.54) is 11.1 Å². The molecule has 0 spiro atoms. The van der Waals surface area contributed by atoms with E-state index < -0.39 is 5.97 Å². The molecule has 0 bridgehead atoms. The second kappa shape index (κ2) is 7.01. The van der Waals surface area contributed by atoms with Gasteiger partial charge in [-0.05, 0) is 22.1 Å². The van der Waals surface area contributed by atoms with Crippen LogP contribution in [-0.2, 0) is 16.8 Å². The average molecular weight is 337 g/mol. The molecule has 1 fully saturated rings. The number of carbonyl (C=O) groups is 1. The summed E-state index contributed by atoms with van der Waals surface area (Å²) in [4.78, 5) is 14.1. The monoisotopic (exact) mass is 337 g/mol. The molecule has 1 heterocycles. The van der Waals surface area contributed by atoms with Crippen LogP contribution in [-0.4, -0.2) is 29.1 Å². The molecule has 0 radical (unpaired) electrons.